The topological polar surface area (TPSA) is 977 Å². The Hall–Kier alpha value is -13.8. The minimum Gasteiger partial charge on any atom is -0.481 e. The summed E-state index contributed by atoms with van der Waals surface area (Å²) in [6, 6.07) is -25.2. The van der Waals surface area contributed by atoms with Crippen LogP contribution in [0.15, 0.2) is 0 Å². The summed E-state index contributed by atoms with van der Waals surface area (Å²) in [6.45, 7) is 6.63. The Morgan fingerprint density at radius 3 is 0.900 bits per heavy atom. The highest BCUT2D eigenvalue weighted by Crippen LogP contribution is 2.14. The molecule has 0 aliphatic rings. The highest BCUT2D eigenvalue weighted by atomic mass is 32.1. The van der Waals surface area contributed by atoms with E-state index in [4.69, 9.17) is 73.2 Å². The maximum absolute atomic E-state index is 14.3. The molecule has 44 N–H and O–H groups in total. The van der Waals surface area contributed by atoms with Crippen molar-refractivity contribution in [1.82, 2.24) is 101 Å². The molecule has 0 aliphatic heterocycles. The number of nitrogens with one attached hydrogen (secondary N) is 23. The summed E-state index contributed by atoms with van der Waals surface area (Å²) in [6.07, 6.45) is -6.33. The van der Waals surface area contributed by atoms with Crippen molar-refractivity contribution in [2.24, 2.45) is 63.4 Å². The Kier molecular flexibility index (Phi) is 55.1. The van der Waals surface area contributed by atoms with Crippen LogP contribution in [0, 0.1) is 33.5 Å². The standard InChI is InChI=1S/C73H130N32O24S/c1-32(2)25-43(63(122)93-34(5)55(114)95-37(11-7-21-87-70(79)80)58(117)92-35(6)56(115)101-45(27-52(78)110)65(124)103-44(26-33(3)4)64(123)100-42(69(128)129)14-10-24-90-73(85)86)102-61(120)40(16-19-50(76)108)98-67(126)47(30-106)104-62(121)41(17-20-51(77)109)99-68(127)48(31-130)105-60(119)39(13-9-23-89-72(83)84)96-59(118)38(12-8-22-88-71(81)82)97-66(125)46(28-54(112)113)94-53(111)29-91-57(116)36(74)15-18-49(75)107/h32-48,106,130H,7-31,74H2,1-6H3,(H2,75,107)(H2,76,108)(H2,77,109)(H2,78,110)(H,91,116)(H,92,117)(H,93,122)(H,94,111)(H,95,114)(H,96,118)(H,97,125)(H,98,126)(H,99,127)(H,100,123)(H,101,115)(H,102,120)(H,103,124)(H,104,121)(H,105,119)(H,112,113)(H,128,129)(H4,79,80,87)(H4,81,82,88)(H4,83,84,89)(H4,85,86,90)/t34-,35-,36-,37-,38-,39-,40-,41-,42-,43-,44-,45-,46-,47-,48-/m0/s1. The van der Waals surface area contributed by atoms with E-state index < -0.39 is 296 Å². The number of carboxylic acids is 2. The third-order valence-electron chi connectivity index (χ3n) is 18.4. The van der Waals surface area contributed by atoms with Gasteiger partial charge in [0.15, 0.2) is 23.8 Å². The zero-order valence-corrected chi connectivity index (χ0v) is 73.9. The molecule has 0 aromatic rings. The number of hydrogen-bond acceptors (Lipinski definition) is 28. The lowest BCUT2D eigenvalue weighted by Crippen LogP contribution is -2.61. The van der Waals surface area contributed by atoms with Gasteiger partial charge in [0.2, 0.25) is 112 Å². The first-order chi connectivity index (χ1) is 60.7. The third-order valence-corrected chi connectivity index (χ3v) is 18.8. The van der Waals surface area contributed by atoms with Crippen LogP contribution in [0.2, 0.25) is 0 Å². The molecule has 0 aliphatic carbocycles. The summed E-state index contributed by atoms with van der Waals surface area (Å²) in [7, 11) is 0. The Morgan fingerprint density at radius 2 is 0.569 bits per heavy atom. The molecule has 0 spiro atoms. The highest BCUT2D eigenvalue weighted by molar-refractivity contribution is 7.80. The molecule has 732 valence electrons. The van der Waals surface area contributed by atoms with E-state index in [9.17, 15) is 116 Å². The molecular formula is C73H130N32O24S. The fourth-order valence-electron chi connectivity index (χ4n) is 11.7. The maximum atomic E-state index is 14.3. The Balaban J connectivity index is 7.04. The molecule has 0 aromatic carbocycles. The second kappa shape index (κ2) is 61.6. The second-order valence-corrected chi connectivity index (χ2v) is 31.1. The Labute approximate surface area is 752 Å². The van der Waals surface area contributed by atoms with Gasteiger partial charge in [0, 0.05) is 51.2 Å². The minimum atomic E-state index is -2.07. The van der Waals surface area contributed by atoms with Gasteiger partial charge in [-0.3, -0.25) is 118 Å². The number of carboxylic acid groups (broad SMARTS) is 2. The van der Waals surface area contributed by atoms with E-state index >= 15 is 0 Å². The zero-order valence-electron chi connectivity index (χ0n) is 73.1. The molecule has 56 nitrogen and oxygen atoms in total. The molecule has 0 radical (unpaired) electrons. The normalized spacial score (nSPS) is 14.3. The van der Waals surface area contributed by atoms with E-state index in [2.05, 4.69) is 114 Å². The molecule has 0 heterocycles. The number of aliphatic hydroxyl groups is 1. The van der Waals surface area contributed by atoms with Crippen LogP contribution < -0.4 is 153 Å². The number of guanidine groups is 4. The van der Waals surface area contributed by atoms with Gasteiger partial charge in [-0.15, -0.1) is 0 Å². The average Bonchev–Trinajstić information content (AvgIpc) is 0.795. The molecule has 0 unspecified atom stereocenters. The summed E-state index contributed by atoms with van der Waals surface area (Å²) >= 11 is 4.19. The van der Waals surface area contributed by atoms with Gasteiger partial charge in [0.05, 0.1) is 32.0 Å². The third kappa shape index (κ3) is 50.5. The van der Waals surface area contributed by atoms with Crippen LogP contribution in [0.4, 0.5) is 0 Å². The molecule has 0 fully saturated rings. The Morgan fingerprint density at radius 1 is 0.300 bits per heavy atom. The SMILES string of the molecule is CC(C)C[C@H](NC(=O)[C@H](CCC(N)=O)NC(=O)[C@H](CO)NC(=O)[C@H](CCC(N)=O)NC(=O)[C@H](CS)NC(=O)[C@H](CCCNC(=N)N)NC(=O)[C@H](CCCNC(=N)N)NC(=O)[C@H](CC(=O)O)NC(=O)CNC(=O)[C@@H](N)CCC(N)=O)C(=O)N[C@@H](C)C(=O)N[C@@H](CCCNC(=N)N)C(=O)N[C@@H](C)C(=O)N[C@@H](CC(N)=O)C(=O)N[C@@H](CC(C)C)C(=O)N[C@@H](CCCNC(=N)N)C(=O)O. The predicted octanol–water partition coefficient (Wildman–Crippen LogP) is -14.4. The van der Waals surface area contributed by atoms with Crippen LogP contribution in [0.25, 0.3) is 0 Å². The lowest BCUT2D eigenvalue weighted by atomic mass is 10.0. The van der Waals surface area contributed by atoms with Crippen molar-refractivity contribution < 1.29 is 116 Å². The fourth-order valence-corrected chi connectivity index (χ4v) is 11.9. The van der Waals surface area contributed by atoms with Crippen LogP contribution in [0.5, 0.6) is 0 Å². The number of carbonyl (C=O) groups excluding carboxylic acids is 19. The Bertz CT molecular complexity index is 3980. The molecule has 130 heavy (non-hydrogen) atoms. The smallest absolute Gasteiger partial charge is 0.326 e. The van der Waals surface area contributed by atoms with E-state index in [1.165, 1.54) is 6.92 Å². The molecule has 15 atom stereocenters. The highest BCUT2D eigenvalue weighted by Gasteiger charge is 2.39. The summed E-state index contributed by atoms with van der Waals surface area (Å²) in [5, 5.41) is 105. The van der Waals surface area contributed by atoms with E-state index in [1.807, 2.05) is 0 Å². The van der Waals surface area contributed by atoms with Crippen molar-refractivity contribution >= 4 is 161 Å². The fraction of sp³-hybridized carbons (Fsp3) is 0.658. The number of thiol groups is 1. The average molecular weight is 1870 g/mol. The van der Waals surface area contributed by atoms with Crippen molar-refractivity contribution in [3.8, 4) is 0 Å². The first kappa shape index (κ1) is 116. The molecular weight excluding hydrogens is 1740 g/mol. The van der Waals surface area contributed by atoms with Crippen molar-refractivity contribution in [2.45, 2.75) is 248 Å². The van der Waals surface area contributed by atoms with Crippen molar-refractivity contribution in [1.29, 1.82) is 21.6 Å². The molecule has 0 aromatic heterocycles. The van der Waals surface area contributed by atoms with Gasteiger partial charge >= 0.3 is 11.9 Å². The van der Waals surface area contributed by atoms with Gasteiger partial charge in [0.1, 0.15) is 84.6 Å². The van der Waals surface area contributed by atoms with Gasteiger partial charge in [-0.05, 0) is 109 Å². The van der Waals surface area contributed by atoms with Crippen molar-refractivity contribution in [3.05, 3.63) is 0 Å². The van der Waals surface area contributed by atoms with Crippen molar-refractivity contribution in [3.63, 3.8) is 0 Å². The maximum Gasteiger partial charge on any atom is 0.326 e. The van der Waals surface area contributed by atoms with E-state index in [1.54, 1.807) is 27.7 Å². The van der Waals surface area contributed by atoms with E-state index in [0.29, 0.717) is 0 Å². The molecule has 0 saturated heterocycles. The number of aliphatic carboxylic acids is 2. The first-order valence-corrected chi connectivity index (χ1v) is 41.7. The largest absolute Gasteiger partial charge is 0.481 e. The zero-order chi connectivity index (χ0) is 99.4. The summed E-state index contributed by atoms with van der Waals surface area (Å²) in [5.74, 6) is -27.2. The van der Waals surface area contributed by atoms with Crippen LogP contribution in [0.1, 0.15) is 157 Å². The molecule has 0 rings (SSSR count). The van der Waals surface area contributed by atoms with Crippen LogP contribution in [-0.2, 0) is 101 Å². The van der Waals surface area contributed by atoms with Crippen LogP contribution in [-0.4, -0.2) is 299 Å². The first-order valence-electron chi connectivity index (χ1n) is 41.1. The number of primary amides is 4. The van der Waals surface area contributed by atoms with Gasteiger partial charge in [-0.2, -0.15) is 12.6 Å². The number of carbonyl (C=O) groups is 21. The lowest BCUT2D eigenvalue weighted by Gasteiger charge is -2.28. The van der Waals surface area contributed by atoms with Crippen molar-refractivity contribution in [2.75, 3.05) is 45.1 Å². The van der Waals surface area contributed by atoms with E-state index in [0.717, 1.165) is 6.92 Å². The van der Waals surface area contributed by atoms with Crippen LogP contribution >= 0.6 is 12.6 Å². The van der Waals surface area contributed by atoms with Gasteiger partial charge in [-0.25, -0.2) is 4.79 Å². The summed E-state index contributed by atoms with van der Waals surface area (Å²) in [5.41, 5.74) is 48.7. The quantitative estimate of drug-likeness (QED) is 0.0116. The minimum absolute atomic E-state index is 0.00240. The summed E-state index contributed by atoms with van der Waals surface area (Å²) < 4.78 is 0. The number of aliphatic hydroxyl groups excluding tert-OH is 1. The molecule has 57 heteroatoms. The molecule has 0 bridgehead atoms. The number of nitrogens with two attached hydrogens (primary N) is 9. The monoisotopic (exact) mass is 1870 g/mol. The summed E-state index contributed by atoms with van der Waals surface area (Å²) in [4.78, 5) is 280. The number of amides is 19. The second-order valence-electron chi connectivity index (χ2n) is 30.8. The van der Waals surface area contributed by atoms with Gasteiger partial charge in [-0.1, -0.05) is 27.7 Å². The van der Waals surface area contributed by atoms with E-state index in [-0.39, 0.29) is 115 Å². The lowest BCUT2D eigenvalue weighted by molar-refractivity contribution is -0.143. The number of hydrogen-bond donors (Lipinski definition) is 36. The van der Waals surface area contributed by atoms with Crippen LogP contribution in [0.3, 0.4) is 0 Å². The predicted molar refractivity (Wildman–Crippen MR) is 465 cm³/mol. The molecule has 19 amide bonds. The van der Waals surface area contributed by atoms with Gasteiger partial charge < -0.3 is 168 Å². The van der Waals surface area contributed by atoms with Gasteiger partial charge in [0.25, 0.3) is 0 Å². The molecule has 0 saturated carbocycles. The number of rotatable bonds is 66.